The number of hydrogen-bond donors (Lipinski definition) is 0. The second-order valence-electron chi connectivity index (χ2n) is 6.50. The van der Waals surface area contributed by atoms with E-state index < -0.39 is 0 Å². The van der Waals surface area contributed by atoms with Gasteiger partial charge in [0, 0.05) is 5.92 Å². The van der Waals surface area contributed by atoms with E-state index in [0.717, 1.165) is 5.92 Å². The van der Waals surface area contributed by atoms with Gasteiger partial charge in [-0.25, -0.2) is 0 Å². The molecular formula is C20H22. The lowest BCUT2D eigenvalue weighted by Gasteiger charge is -2.29. The van der Waals surface area contributed by atoms with Gasteiger partial charge in [-0.2, -0.15) is 0 Å². The summed E-state index contributed by atoms with van der Waals surface area (Å²) < 4.78 is 0. The Morgan fingerprint density at radius 2 is 1.55 bits per heavy atom. The zero-order valence-electron chi connectivity index (χ0n) is 12.2. The molecule has 102 valence electrons. The maximum Gasteiger partial charge on any atom is 0.0130 e. The van der Waals surface area contributed by atoms with E-state index in [9.17, 15) is 0 Å². The molecule has 2 aromatic carbocycles. The van der Waals surface area contributed by atoms with Gasteiger partial charge in [-0.3, -0.25) is 0 Å². The minimum atomic E-state index is 0.654. The van der Waals surface area contributed by atoms with Gasteiger partial charge in [-0.15, -0.1) is 0 Å². The van der Waals surface area contributed by atoms with E-state index in [0.29, 0.717) is 5.92 Å². The van der Waals surface area contributed by atoms with Gasteiger partial charge in [0.05, 0.1) is 0 Å². The number of fused-ring (bicyclic) bond motifs is 3. The van der Waals surface area contributed by atoms with E-state index in [2.05, 4.69) is 49.4 Å². The second kappa shape index (κ2) is 4.77. The first-order valence-corrected chi connectivity index (χ1v) is 8.05. The molecule has 0 radical (unpaired) electrons. The van der Waals surface area contributed by atoms with Crippen molar-refractivity contribution in [3.05, 3.63) is 59.2 Å². The average Bonchev–Trinajstić information content (AvgIpc) is 2.84. The first-order valence-electron chi connectivity index (χ1n) is 8.05. The van der Waals surface area contributed by atoms with E-state index in [1.165, 1.54) is 48.8 Å². The standard InChI is InChI=1S/C20H22/c1-14-8-7-13-18-19(14)16-11-5-6-12-17(16)20(18)15-9-3-2-4-10-15/h5-8,11-13,15,20H,2-4,9-10H2,1H3. The first kappa shape index (κ1) is 12.2. The summed E-state index contributed by atoms with van der Waals surface area (Å²) in [6, 6.07) is 16.0. The Balaban J connectivity index is 1.89. The fraction of sp³-hybridized carbons (Fsp3) is 0.400. The van der Waals surface area contributed by atoms with E-state index >= 15 is 0 Å². The molecule has 0 heteroatoms. The molecule has 1 atom stereocenters. The fourth-order valence-electron chi connectivity index (χ4n) is 4.46. The summed E-state index contributed by atoms with van der Waals surface area (Å²) in [5.74, 6) is 1.51. The number of hydrogen-bond acceptors (Lipinski definition) is 0. The van der Waals surface area contributed by atoms with Crippen LogP contribution < -0.4 is 0 Å². The van der Waals surface area contributed by atoms with E-state index in [-0.39, 0.29) is 0 Å². The van der Waals surface area contributed by atoms with Crippen LogP contribution >= 0.6 is 0 Å². The van der Waals surface area contributed by atoms with Crippen LogP contribution in [0.2, 0.25) is 0 Å². The SMILES string of the molecule is Cc1cccc2c1-c1ccccc1C2C1CCCCC1. The van der Waals surface area contributed by atoms with Crippen LogP contribution in [0.25, 0.3) is 11.1 Å². The van der Waals surface area contributed by atoms with Crippen LogP contribution in [0.3, 0.4) is 0 Å². The Morgan fingerprint density at radius 1 is 0.800 bits per heavy atom. The van der Waals surface area contributed by atoms with E-state index in [4.69, 9.17) is 0 Å². The molecule has 20 heavy (non-hydrogen) atoms. The lowest BCUT2D eigenvalue weighted by Crippen LogP contribution is -2.15. The molecule has 1 unspecified atom stereocenters. The van der Waals surface area contributed by atoms with Crippen LogP contribution in [0.4, 0.5) is 0 Å². The van der Waals surface area contributed by atoms with Crippen molar-refractivity contribution in [3.8, 4) is 11.1 Å². The lowest BCUT2D eigenvalue weighted by atomic mass is 9.75. The van der Waals surface area contributed by atoms with Crippen molar-refractivity contribution >= 4 is 0 Å². The number of benzene rings is 2. The van der Waals surface area contributed by atoms with Crippen molar-refractivity contribution in [2.45, 2.75) is 44.9 Å². The Hall–Kier alpha value is -1.56. The van der Waals surface area contributed by atoms with Crippen molar-refractivity contribution in [1.82, 2.24) is 0 Å². The molecule has 4 rings (SSSR count). The van der Waals surface area contributed by atoms with Crippen molar-refractivity contribution in [2.75, 3.05) is 0 Å². The zero-order valence-corrected chi connectivity index (χ0v) is 12.2. The highest BCUT2D eigenvalue weighted by Crippen LogP contribution is 2.52. The maximum atomic E-state index is 2.38. The Kier molecular flexibility index (Phi) is 2.91. The molecule has 0 aliphatic heterocycles. The summed E-state index contributed by atoms with van der Waals surface area (Å²) in [7, 11) is 0. The van der Waals surface area contributed by atoms with Gasteiger partial charge in [-0.05, 0) is 53.5 Å². The summed E-state index contributed by atoms with van der Waals surface area (Å²) in [5.41, 5.74) is 7.64. The topological polar surface area (TPSA) is 0 Å². The first-order chi connectivity index (χ1) is 9.86. The average molecular weight is 262 g/mol. The van der Waals surface area contributed by atoms with Crippen molar-refractivity contribution in [3.63, 3.8) is 0 Å². The molecule has 0 nitrogen and oxygen atoms in total. The largest absolute Gasteiger partial charge is 0.0619 e. The van der Waals surface area contributed by atoms with Crippen LogP contribution in [0.5, 0.6) is 0 Å². The molecular weight excluding hydrogens is 240 g/mol. The minimum Gasteiger partial charge on any atom is -0.0619 e. The normalized spacial score (nSPS) is 21.6. The van der Waals surface area contributed by atoms with Crippen molar-refractivity contribution in [2.24, 2.45) is 5.92 Å². The van der Waals surface area contributed by atoms with Crippen LogP contribution in [0.1, 0.15) is 54.7 Å². The molecule has 0 N–H and O–H groups in total. The quantitative estimate of drug-likeness (QED) is 0.619. The monoisotopic (exact) mass is 262 g/mol. The van der Waals surface area contributed by atoms with Gasteiger partial charge in [0.2, 0.25) is 0 Å². The Bertz CT molecular complexity index is 632. The summed E-state index contributed by atoms with van der Waals surface area (Å²) >= 11 is 0. The molecule has 0 heterocycles. The summed E-state index contributed by atoms with van der Waals surface area (Å²) in [6.07, 6.45) is 7.10. The molecule has 2 aliphatic carbocycles. The molecule has 2 aromatic rings. The second-order valence-corrected chi connectivity index (χ2v) is 6.50. The summed E-state index contributed by atoms with van der Waals surface area (Å²) in [4.78, 5) is 0. The third kappa shape index (κ3) is 1.74. The van der Waals surface area contributed by atoms with Gasteiger partial charge < -0.3 is 0 Å². The molecule has 1 fully saturated rings. The molecule has 0 bridgehead atoms. The van der Waals surface area contributed by atoms with Crippen LogP contribution in [-0.4, -0.2) is 0 Å². The Morgan fingerprint density at radius 3 is 2.40 bits per heavy atom. The van der Waals surface area contributed by atoms with Gasteiger partial charge in [0.1, 0.15) is 0 Å². The molecule has 0 amide bonds. The lowest BCUT2D eigenvalue weighted by molar-refractivity contribution is 0.330. The fourth-order valence-corrected chi connectivity index (χ4v) is 4.46. The van der Waals surface area contributed by atoms with Gasteiger partial charge in [0.25, 0.3) is 0 Å². The molecule has 1 saturated carbocycles. The summed E-state index contributed by atoms with van der Waals surface area (Å²) in [5, 5.41) is 0. The maximum absolute atomic E-state index is 2.38. The van der Waals surface area contributed by atoms with Gasteiger partial charge in [-0.1, -0.05) is 61.7 Å². The smallest absolute Gasteiger partial charge is 0.0130 e. The van der Waals surface area contributed by atoms with E-state index in [1.807, 2.05) is 0 Å². The minimum absolute atomic E-state index is 0.654. The zero-order chi connectivity index (χ0) is 13.5. The van der Waals surface area contributed by atoms with Gasteiger partial charge >= 0.3 is 0 Å². The third-order valence-electron chi connectivity index (χ3n) is 5.33. The highest BCUT2D eigenvalue weighted by Gasteiger charge is 2.35. The highest BCUT2D eigenvalue weighted by molar-refractivity contribution is 5.81. The predicted molar refractivity (Wildman–Crippen MR) is 85.0 cm³/mol. The van der Waals surface area contributed by atoms with E-state index in [1.54, 1.807) is 11.1 Å². The molecule has 0 spiro atoms. The Labute approximate surface area is 121 Å². The molecule has 0 aromatic heterocycles. The van der Waals surface area contributed by atoms with Crippen molar-refractivity contribution < 1.29 is 0 Å². The van der Waals surface area contributed by atoms with Crippen molar-refractivity contribution in [1.29, 1.82) is 0 Å². The van der Waals surface area contributed by atoms with Gasteiger partial charge in [0.15, 0.2) is 0 Å². The molecule has 2 aliphatic rings. The number of rotatable bonds is 1. The third-order valence-corrected chi connectivity index (χ3v) is 5.33. The van der Waals surface area contributed by atoms with Crippen LogP contribution in [-0.2, 0) is 0 Å². The van der Waals surface area contributed by atoms with Crippen LogP contribution in [0, 0.1) is 12.8 Å². The highest BCUT2D eigenvalue weighted by atomic mass is 14.4. The number of aryl methyl sites for hydroxylation is 1. The summed E-state index contributed by atoms with van der Waals surface area (Å²) in [6.45, 7) is 2.26. The van der Waals surface area contributed by atoms with Crippen LogP contribution in [0.15, 0.2) is 42.5 Å². The molecule has 0 saturated heterocycles. The predicted octanol–water partition coefficient (Wildman–Crippen LogP) is 5.69.